The minimum Gasteiger partial charge on any atom is -0.493 e. The van der Waals surface area contributed by atoms with Gasteiger partial charge in [0.2, 0.25) is 10.0 Å². The third-order valence-electron chi connectivity index (χ3n) is 5.32. The molecule has 2 aromatic rings. The Morgan fingerprint density at radius 1 is 1.18 bits per heavy atom. The summed E-state index contributed by atoms with van der Waals surface area (Å²) in [6, 6.07) is 10.0. The van der Waals surface area contributed by atoms with Gasteiger partial charge in [0.25, 0.3) is 0 Å². The van der Waals surface area contributed by atoms with Gasteiger partial charge in [-0.1, -0.05) is 29.8 Å². The molecule has 1 fully saturated rings. The quantitative estimate of drug-likeness (QED) is 0.639. The van der Waals surface area contributed by atoms with E-state index in [4.69, 9.17) is 16.3 Å². The van der Waals surface area contributed by atoms with Crippen molar-refractivity contribution in [3.8, 4) is 5.75 Å². The zero-order chi connectivity index (χ0) is 19.7. The molecule has 1 aliphatic heterocycles. The van der Waals surface area contributed by atoms with Gasteiger partial charge in [-0.05, 0) is 60.1 Å². The van der Waals surface area contributed by atoms with Gasteiger partial charge in [-0.2, -0.15) is 4.31 Å². The Hall–Kier alpha value is -1.63. The van der Waals surface area contributed by atoms with E-state index in [9.17, 15) is 12.8 Å². The molecule has 28 heavy (non-hydrogen) atoms. The Bertz CT molecular complexity index is 976. The number of hydrogen-bond donors (Lipinski definition) is 0. The highest BCUT2D eigenvalue weighted by Crippen LogP contribution is 2.32. The van der Waals surface area contributed by atoms with Crippen molar-refractivity contribution in [3.05, 3.63) is 63.9 Å². The first-order valence-corrected chi connectivity index (χ1v) is 11.6. The summed E-state index contributed by atoms with van der Waals surface area (Å²) in [4.78, 5) is 0. The Morgan fingerprint density at radius 3 is 2.75 bits per heavy atom. The maximum Gasteiger partial charge on any atom is 0.214 e. The van der Waals surface area contributed by atoms with Crippen molar-refractivity contribution in [2.45, 2.75) is 32.2 Å². The van der Waals surface area contributed by atoms with Crippen LogP contribution >= 0.6 is 11.6 Å². The molecule has 1 saturated carbocycles. The standard InChI is InChI=1S/C21H23ClFNO3S/c22-20-12-19(23)5-4-18(20)14-24(13-16-1-2-16)28(25,26)10-8-15-3-6-21-17(11-15)7-9-27-21/h3-6,11-12,16H,1-2,7-10,13-14H2. The van der Waals surface area contributed by atoms with E-state index >= 15 is 0 Å². The molecule has 0 aromatic heterocycles. The van der Waals surface area contributed by atoms with Crippen molar-refractivity contribution in [1.82, 2.24) is 4.31 Å². The van der Waals surface area contributed by atoms with E-state index in [0.29, 0.717) is 31.1 Å². The first kappa shape index (κ1) is 19.7. The molecule has 0 unspecified atom stereocenters. The smallest absolute Gasteiger partial charge is 0.214 e. The Balaban J connectivity index is 1.48. The third-order valence-corrected chi connectivity index (χ3v) is 7.45. The predicted molar refractivity (Wildman–Crippen MR) is 108 cm³/mol. The molecule has 1 heterocycles. The number of aryl methyl sites for hydroxylation is 1. The zero-order valence-corrected chi connectivity index (χ0v) is 17.1. The molecule has 0 bridgehead atoms. The molecule has 4 nitrogen and oxygen atoms in total. The van der Waals surface area contributed by atoms with E-state index in [-0.39, 0.29) is 17.3 Å². The Morgan fingerprint density at radius 2 is 2.00 bits per heavy atom. The highest BCUT2D eigenvalue weighted by atomic mass is 35.5. The van der Waals surface area contributed by atoms with Crippen LogP contribution in [-0.4, -0.2) is 31.6 Å². The molecule has 2 aromatic carbocycles. The van der Waals surface area contributed by atoms with Crippen molar-refractivity contribution in [2.24, 2.45) is 5.92 Å². The second-order valence-electron chi connectivity index (χ2n) is 7.58. The molecule has 1 aliphatic carbocycles. The summed E-state index contributed by atoms with van der Waals surface area (Å²) in [6.45, 7) is 1.36. The lowest BCUT2D eigenvalue weighted by atomic mass is 10.1. The minimum atomic E-state index is -3.47. The van der Waals surface area contributed by atoms with Crippen LogP contribution in [0.1, 0.15) is 29.5 Å². The van der Waals surface area contributed by atoms with Crippen LogP contribution in [0, 0.1) is 11.7 Å². The molecular formula is C21H23ClFNO3S. The third kappa shape index (κ3) is 4.67. The van der Waals surface area contributed by atoms with Gasteiger partial charge in [-0.15, -0.1) is 0 Å². The van der Waals surface area contributed by atoms with Crippen LogP contribution in [0.5, 0.6) is 5.75 Å². The van der Waals surface area contributed by atoms with Crippen LogP contribution in [0.2, 0.25) is 5.02 Å². The van der Waals surface area contributed by atoms with Crippen molar-refractivity contribution in [3.63, 3.8) is 0 Å². The van der Waals surface area contributed by atoms with Crippen LogP contribution in [0.4, 0.5) is 4.39 Å². The van der Waals surface area contributed by atoms with Crippen molar-refractivity contribution >= 4 is 21.6 Å². The minimum absolute atomic E-state index is 0.0399. The lowest BCUT2D eigenvalue weighted by molar-refractivity contribution is 0.357. The highest BCUT2D eigenvalue weighted by Gasteiger charge is 2.31. The molecule has 0 N–H and O–H groups in total. The monoisotopic (exact) mass is 423 g/mol. The first-order chi connectivity index (χ1) is 13.4. The van der Waals surface area contributed by atoms with Crippen molar-refractivity contribution in [1.29, 1.82) is 0 Å². The van der Waals surface area contributed by atoms with Gasteiger partial charge >= 0.3 is 0 Å². The lowest BCUT2D eigenvalue weighted by Gasteiger charge is -2.23. The normalized spacial score (nSPS) is 16.2. The highest BCUT2D eigenvalue weighted by molar-refractivity contribution is 7.89. The van der Waals surface area contributed by atoms with Crippen molar-refractivity contribution < 1.29 is 17.5 Å². The molecule has 0 atom stereocenters. The Kier molecular flexibility index (Phi) is 5.63. The van der Waals surface area contributed by atoms with Crippen molar-refractivity contribution in [2.75, 3.05) is 18.9 Å². The van der Waals surface area contributed by atoms with Gasteiger partial charge in [0, 0.05) is 24.5 Å². The van der Waals surface area contributed by atoms with E-state index in [1.807, 2.05) is 18.2 Å². The van der Waals surface area contributed by atoms with Crippen LogP contribution < -0.4 is 4.74 Å². The summed E-state index contributed by atoms with van der Waals surface area (Å²) in [5.41, 5.74) is 2.77. The first-order valence-electron chi connectivity index (χ1n) is 9.57. The number of fused-ring (bicyclic) bond motifs is 1. The molecular weight excluding hydrogens is 401 g/mol. The van der Waals surface area contributed by atoms with Gasteiger partial charge in [0.1, 0.15) is 11.6 Å². The number of hydrogen-bond acceptors (Lipinski definition) is 3. The molecule has 2 aliphatic rings. The molecule has 4 rings (SSSR count). The van der Waals surface area contributed by atoms with Crippen LogP contribution in [0.3, 0.4) is 0 Å². The summed E-state index contributed by atoms with van der Waals surface area (Å²) in [5, 5.41) is 0.259. The predicted octanol–water partition coefficient (Wildman–Crippen LogP) is 4.20. The number of benzene rings is 2. The lowest BCUT2D eigenvalue weighted by Crippen LogP contribution is -2.35. The van der Waals surface area contributed by atoms with E-state index in [1.165, 1.54) is 16.4 Å². The fourth-order valence-corrected chi connectivity index (χ4v) is 5.23. The SMILES string of the molecule is O=S(=O)(CCc1ccc2c(c1)CCO2)N(Cc1ccc(F)cc1Cl)CC1CC1. The van der Waals surface area contributed by atoms with Crippen LogP contribution in [0.15, 0.2) is 36.4 Å². The molecule has 0 saturated heterocycles. The largest absolute Gasteiger partial charge is 0.493 e. The van der Waals surface area contributed by atoms with Gasteiger partial charge in [0.05, 0.1) is 12.4 Å². The Labute approximate surface area is 170 Å². The average molecular weight is 424 g/mol. The number of sulfonamides is 1. The van der Waals surface area contributed by atoms with Gasteiger partial charge in [-0.25, -0.2) is 12.8 Å². The van der Waals surface area contributed by atoms with Gasteiger partial charge < -0.3 is 4.74 Å². The summed E-state index contributed by atoms with van der Waals surface area (Å²) in [7, 11) is -3.47. The molecule has 0 radical (unpaired) electrons. The van der Waals surface area contributed by atoms with Crippen LogP contribution in [0.25, 0.3) is 0 Å². The number of nitrogens with zero attached hydrogens (tertiary/aromatic N) is 1. The average Bonchev–Trinajstić information content (AvgIpc) is 3.35. The molecule has 0 amide bonds. The van der Waals surface area contributed by atoms with Gasteiger partial charge in [0.15, 0.2) is 0 Å². The number of ether oxygens (including phenoxy) is 1. The summed E-state index contributed by atoms with van der Waals surface area (Å²) < 4.78 is 46.5. The summed E-state index contributed by atoms with van der Waals surface area (Å²) in [6.07, 6.45) is 3.42. The second-order valence-corrected chi connectivity index (χ2v) is 10.1. The van der Waals surface area contributed by atoms with E-state index in [1.54, 1.807) is 6.07 Å². The van der Waals surface area contributed by atoms with Crippen LogP contribution in [-0.2, 0) is 29.4 Å². The maximum absolute atomic E-state index is 13.3. The fourth-order valence-electron chi connectivity index (χ4n) is 3.48. The van der Waals surface area contributed by atoms with E-state index < -0.39 is 15.8 Å². The van der Waals surface area contributed by atoms with E-state index in [0.717, 1.165) is 36.1 Å². The molecule has 7 heteroatoms. The summed E-state index contributed by atoms with van der Waals surface area (Å²) in [5.74, 6) is 0.919. The second kappa shape index (κ2) is 8.01. The maximum atomic E-state index is 13.3. The number of rotatable bonds is 8. The zero-order valence-electron chi connectivity index (χ0n) is 15.5. The van der Waals surface area contributed by atoms with E-state index in [2.05, 4.69) is 0 Å². The summed E-state index contributed by atoms with van der Waals surface area (Å²) >= 11 is 6.13. The molecule has 0 spiro atoms. The topological polar surface area (TPSA) is 46.6 Å². The van der Waals surface area contributed by atoms with Gasteiger partial charge in [-0.3, -0.25) is 0 Å². The fraction of sp³-hybridized carbons (Fsp3) is 0.429. The number of halogens is 2. The molecule has 150 valence electrons.